The van der Waals surface area contributed by atoms with E-state index < -0.39 is 0 Å². The normalized spacial score (nSPS) is 13.9. The maximum Gasteiger partial charge on any atom is 0.251 e. The summed E-state index contributed by atoms with van der Waals surface area (Å²) in [4.78, 5) is 23.1. The van der Waals surface area contributed by atoms with Gasteiger partial charge in [0.1, 0.15) is 0 Å². The van der Waals surface area contributed by atoms with E-state index in [1.807, 2.05) is 18.2 Å². The van der Waals surface area contributed by atoms with Crippen LogP contribution in [0.3, 0.4) is 0 Å². The van der Waals surface area contributed by atoms with E-state index in [-0.39, 0.29) is 30.1 Å². The quantitative estimate of drug-likeness (QED) is 0.675. The fourth-order valence-electron chi connectivity index (χ4n) is 1.67. The van der Waals surface area contributed by atoms with Gasteiger partial charge in [-0.2, -0.15) is 0 Å². The summed E-state index contributed by atoms with van der Waals surface area (Å²) in [7, 11) is 0. The predicted molar refractivity (Wildman–Crippen MR) is 75.4 cm³/mol. The number of hydrogen-bond donors (Lipinski definition) is 3. The Morgan fingerprint density at radius 1 is 1.11 bits per heavy atom. The molecule has 104 valence electrons. The maximum absolute atomic E-state index is 11.7. The summed E-state index contributed by atoms with van der Waals surface area (Å²) in [6.07, 6.45) is 0. The van der Waals surface area contributed by atoms with Crippen molar-refractivity contribution in [2.45, 2.75) is 0 Å². The summed E-state index contributed by atoms with van der Waals surface area (Å²) in [5.41, 5.74) is 0.631. The zero-order valence-electron chi connectivity index (χ0n) is 10.5. The Kier molecular flexibility index (Phi) is 6.32. The van der Waals surface area contributed by atoms with Crippen molar-refractivity contribution in [2.75, 3.05) is 26.2 Å². The lowest BCUT2D eigenvalue weighted by Crippen LogP contribution is -2.51. The number of benzene rings is 1. The van der Waals surface area contributed by atoms with Crippen LogP contribution in [-0.2, 0) is 4.79 Å². The Labute approximate surface area is 118 Å². The molecule has 1 saturated heterocycles. The minimum atomic E-state index is -0.116. The molecule has 0 atom stereocenters. The van der Waals surface area contributed by atoms with E-state index in [4.69, 9.17) is 0 Å². The monoisotopic (exact) mass is 283 g/mol. The van der Waals surface area contributed by atoms with Gasteiger partial charge in [-0.1, -0.05) is 18.2 Å². The van der Waals surface area contributed by atoms with Crippen LogP contribution in [0.15, 0.2) is 30.3 Å². The van der Waals surface area contributed by atoms with Gasteiger partial charge in [0.2, 0.25) is 5.91 Å². The minimum Gasteiger partial charge on any atom is -0.354 e. The fraction of sp³-hybridized carbons (Fsp3) is 0.385. The molecule has 2 rings (SSSR count). The largest absolute Gasteiger partial charge is 0.354 e. The van der Waals surface area contributed by atoms with Crippen LogP contribution in [0.5, 0.6) is 0 Å². The van der Waals surface area contributed by atoms with Crippen LogP contribution in [0.2, 0.25) is 0 Å². The molecular weight excluding hydrogens is 266 g/mol. The highest BCUT2D eigenvalue weighted by atomic mass is 35.5. The average Bonchev–Trinajstić information content (AvgIpc) is 2.33. The van der Waals surface area contributed by atoms with Gasteiger partial charge >= 0.3 is 0 Å². The lowest BCUT2D eigenvalue weighted by Gasteiger charge is -2.25. The van der Waals surface area contributed by atoms with Crippen molar-refractivity contribution in [1.82, 2.24) is 16.0 Å². The van der Waals surface area contributed by atoms with E-state index >= 15 is 0 Å². The van der Waals surface area contributed by atoms with E-state index in [0.717, 1.165) is 13.1 Å². The number of halogens is 1. The average molecular weight is 284 g/mol. The van der Waals surface area contributed by atoms with Crippen molar-refractivity contribution in [3.8, 4) is 0 Å². The first-order chi connectivity index (χ1) is 8.77. The lowest BCUT2D eigenvalue weighted by atomic mass is 10.0. The number of hydrogen-bond acceptors (Lipinski definition) is 3. The van der Waals surface area contributed by atoms with Gasteiger partial charge in [0, 0.05) is 31.7 Å². The van der Waals surface area contributed by atoms with Crippen LogP contribution < -0.4 is 16.0 Å². The molecule has 1 aliphatic rings. The molecule has 5 nitrogen and oxygen atoms in total. The first-order valence-corrected chi connectivity index (χ1v) is 6.09. The van der Waals surface area contributed by atoms with Crippen LogP contribution in [0.1, 0.15) is 10.4 Å². The van der Waals surface area contributed by atoms with Crippen LogP contribution in [0, 0.1) is 5.92 Å². The highest BCUT2D eigenvalue weighted by molar-refractivity contribution is 5.94. The molecule has 1 fully saturated rings. The summed E-state index contributed by atoms with van der Waals surface area (Å²) >= 11 is 0. The fourth-order valence-corrected chi connectivity index (χ4v) is 1.67. The van der Waals surface area contributed by atoms with E-state index in [1.54, 1.807) is 12.1 Å². The second kappa shape index (κ2) is 7.76. The lowest BCUT2D eigenvalue weighted by molar-refractivity contribution is -0.126. The summed E-state index contributed by atoms with van der Waals surface area (Å²) in [6.45, 7) is 2.41. The Morgan fingerprint density at radius 2 is 1.74 bits per heavy atom. The topological polar surface area (TPSA) is 70.2 Å². The summed E-state index contributed by atoms with van der Waals surface area (Å²) in [6, 6.07) is 9.02. The number of carbonyl (C=O) groups excluding carboxylic acids is 2. The van der Waals surface area contributed by atoms with Crippen molar-refractivity contribution in [3.63, 3.8) is 0 Å². The minimum absolute atomic E-state index is 0. The smallest absolute Gasteiger partial charge is 0.251 e. The molecule has 0 aliphatic carbocycles. The third-order valence-electron chi connectivity index (χ3n) is 2.90. The second-order valence-electron chi connectivity index (χ2n) is 4.27. The molecule has 6 heteroatoms. The molecule has 19 heavy (non-hydrogen) atoms. The van der Waals surface area contributed by atoms with Crippen LogP contribution in [-0.4, -0.2) is 38.0 Å². The standard InChI is InChI=1S/C13H17N3O2.ClH/c17-12(10-4-2-1-3-5-10)15-6-7-16-13(18)11-8-14-9-11;/h1-5,11,14H,6-9H2,(H,15,17)(H,16,18);1H. The number of amides is 2. The van der Waals surface area contributed by atoms with Gasteiger partial charge in [-0.25, -0.2) is 0 Å². The number of nitrogens with one attached hydrogen (secondary N) is 3. The summed E-state index contributed by atoms with van der Waals surface area (Å²) < 4.78 is 0. The van der Waals surface area contributed by atoms with Crippen molar-refractivity contribution < 1.29 is 9.59 Å². The van der Waals surface area contributed by atoms with Crippen molar-refractivity contribution in [1.29, 1.82) is 0 Å². The van der Waals surface area contributed by atoms with Crippen molar-refractivity contribution in [3.05, 3.63) is 35.9 Å². The van der Waals surface area contributed by atoms with Crippen molar-refractivity contribution in [2.24, 2.45) is 5.92 Å². The molecule has 0 unspecified atom stereocenters. The van der Waals surface area contributed by atoms with Gasteiger partial charge in [0.15, 0.2) is 0 Å². The molecular formula is C13H18ClN3O2. The molecule has 0 saturated carbocycles. The van der Waals surface area contributed by atoms with Crippen molar-refractivity contribution >= 4 is 24.2 Å². The van der Waals surface area contributed by atoms with Gasteiger partial charge in [-0.15, -0.1) is 12.4 Å². The number of rotatable bonds is 5. The Balaban J connectivity index is 0.00000180. The molecule has 0 radical (unpaired) electrons. The van der Waals surface area contributed by atoms with E-state index in [9.17, 15) is 9.59 Å². The molecule has 1 aromatic rings. The van der Waals surface area contributed by atoms with Gasteiger partial charge in [0.05, 0.1) is 5.92 Å². The Hall–Kier alpha value is -1.59. The van der Waals surface area contributed by atoms with Gasteiger partial charge in [-0.05, 0) is 12.1 Å². The van der Waals surface area contributed by atoms with Gasteiger partial charge < -0.3 is 16.0 Å². The molecule has 1 aromatic carbocycles. The van der Waals surface area contributed by atoms with E-state index in [2.05, 4.69) is 16.0 Å². The van der Waals surface area contributed by atoms with E-state index in [0.29, 0.717) is 18.7 Å². The summed E-state index contributed by atoms with van der Waals surface area (Å²) in [5.74, 6) is 0.0349. The van der Waals surface area contributed by atoms with Gasteiger partial charge in [0.25, 0.3) is 5.91 Å². The molecule has 1 aliphatic heterocycles. The van der Waals surface area contributed by atoms with Crippen LogP contribution in [0.4, 0.5) is 0 Å². The third-order valence-corrected chi connectivity index (χ3v) is 2.90. The molecule has 0 bridgehead atoms. The van der Waals surface area contributed by atoms with Crippen LogP contribution >= 0.6 is 12.4 Å². The van der Waals surface area contributed by atoms with E-state index in [1.165, 1.54) is 0 Å². The predicted octanol–water partition coefficient (Wildman–Crippen LogP) is 0.174. The highest BCUT2D eigenvalue weighted by Crippen LogP contribution is 2.01. The third kappa shape index (κ3) is 4.54. The number of carbonyl (C=O) groups is 2. The Morgan fingerprint density at radius 3 is 2.32 bits per heavy atom. The van der Waals surface area contributed by atoms with Gasteiger partial charge in [-0.3, -0.25) is 9.59 Å². The Bertz CT molecular complexity index is 421. The zero-order valence-corrected chi connectivity index (χ0v) is 11.3. The van der Waals surface area contributed by atoms with Crippen LogP contribution in [0.25, 0.3) is 0 Å². The SMILES string of the molecule is Cl.O=C(NCCNC(=O)C1CNC1)c1ccccc1. The second-order valence-corrected chi connectivity index (χ2v) is 4.27. The highest BCUT2D eigenvalue weighted by Gasteiger charge is 2.24. The maximum atomic E-state index is 11.7. The zero-order chi connectivity index (χ0) is 12.8. The molecule has 0 spiro atoms. The molecule has 2 amide bonds. The molecule has 3 N–H and O–H groups in total. The summed E-state index contributed by atoms with van der Waals surface area (Å²) in [5, 5.41) is 8.60. The molecule has 0 aromatic heterocycles. The molecule has 1 heterocycles. The first-order valence-electron chi connectivity index (χ1n) is 6.09. The first kappa shape index (κ1) is 15.5.